The Kier molecular flexibility index (Phi) is 12.6. The molecule has 206 valence electrons. The topological polar surface area (TPSA) is 84.5 Å². The molecule has 0 bridgehead atoms. The lowest BCUT2D eigenvalue weighted by molar-refractivity contribution is -0.120. The Morgan fingerprint density at radius 3 is 2.70 bits per heavy atom. The Labute approximate surface area is 224 Å². The van der Waals surface area contributed by atoms with Crippen LogP contribution in [0.15, 0.2) is 47.6 Å². The van der Waals surface area contributed by atoms with Gasteiger partial charge in [-0.3, -0.25) is 4.79 Å². The molecule has 2 aliphatic rings. The van der Waals surface area contributed by atoms with Crippen LogP contribution in [-0.4, -0.2) is 39.4 Å². The molecule has 1 aliphatic heterocycles. The lowest BCUT2D eigenvalue weighted by atomic mass is 10.1. The Morgan fingerprint density at radius 2 is 2.08 bits per heavy atom. The zero-order valence-electron chi connectivity index (χ0n) is 22.8. The number of fused-ring (bicyclic) bond motifs is 1. The Morgan fingerprint density at radius 1 is 1.35 bits per heavy atom. The quantitative estimate of drug-likeness (QED) is 0.244. The number of hydrogen-bond donors (Lipinski definition) is 3. The minimum Gasteiger partial charge on any atom is -0.364 e. The van der Waals surface area contributed by atoms with Gasteiger partial charge in [-0.15, -0.1) is 0 Å². The third kappa shape index (κ3) is 10.5. The molecule has 4 rings (SSSR count). The summed E-state index contributed by atoms with van der Waals surface area (Å²) >= 11 is 1.46. The molecule has 1 saturated carbocycles. The minimum absolute atomic E-state index is 0.133. The number of nitrogens with zero attached hydrogens (tertiary/aromatic N) is 2. The maximum Gasteiger partial charge on any atom is 0.253 e. The number of carbonyl (C=O) groups is 1. The first-order valence-corrected chi connectivity index (χ1v) is 14.2. The molecule has 1 amide bonds. The zero-order valence-corrected chi connectivity index (χ0v) is 23.6. The van der Waals surface area contributed by atoms with E-state index in [9.17, 15) is 13.6 Å². The fourth-order valence-corrected chi connectivity index (χ4v) is 4.85. The molecule has 2 unspecified atom stereocenters. The number of hydrogen-bond acceptors (Lipinski definition) is 5. The lowest BCUT2D eigenvalue weighted by Gasteiger charge is -2.16. The van der Waals surface area contributed by atoms with Gasteiger partial charge in [-0.1, -0.05) is 50.2 Å². The largest absolute Gasteiger partial charge is 0.364 e. The molecule has 3 heterocycles. The number of allylic oxidation sites excluding steroid dienone is 3. The number of aromatic nitrogens is 2. The molecule has 2 aromatic heterocycles. The molecule has 37 heavy (non-hydrogen) atoms. The van der Waals surface area contributed by atoms with Crippen molar-refractivity contribution in [2.75, 3.05) is 6.54 Å². The summed E-state index contributed by atoms with van der Waals surface area (Å²) in [7, 11) is 0. The van der Waals surface area contributed by atoms with Gasteiger partial charge in [0.15, 0.2) is 5.37 Å². The Hall–Kier alpha value is -2.39. The summed E-state index contributed by atoms with van der Waals surface area (Å²) < 4.78 is 27.4. The van der Waals surface area contributed by atoms with Crippen molar-refractivity contribution >= 4 is 28.9 Å². The first kappa shape index (κ1) is 30.8. The molecule has 2 aromatic rings. The zero-order chi connectivity index (χ0) is 27.4. The summed E-state index contributed by atoms with van der Waals surface area (Å²) in [5.41, 5.74) is 8.84. The Balaban J connectivity index is 0.000000519. The normalized spacial score (nSPS) is 18.1. The number of nitrogens with two attached hydrogens (primary N) is 1. The second kappa shape index (κ2) is 15.1. The van der Waals surface area contributed by atoms with E-state index in [1.807, 2.05) is 45.2 Å². The van der Waals surface area contributed by atoms with Crippen molar-refractivity contribution in [1.82, 2.24) is 20.2 Å². The molecular weight excluding hydrogens is 492 g/mol. The molecule has 6 nitrogen and oxygen atoms in total. The number of amides is 1. The van der Waals surface area contributed by atoms with E-state index in [1.165, 1.54) is 24.6 Å². The summed E-state index contributed by atoms with van der Waals surface area (Å²) in [6, 6.07) is 5.60. The first-order chi connectivity index (χ1) is 17.7. The summed E-state index contributed by atoms with van der Waals surface area (Å²) in [5.74, 6) is -1.81. The number of carbonyl (C=O) groups excluding carboxylic acids is 1. The number of pyridine rings is 1. The van der Waals surface area contributed by atoms with Gasteiger partial charge in [0.25, 0.3) is 5.91 Å². The smallest absolute Gasteiger partial charge is 0.253 e. The van der Waals surface area contributed by atoms with Crippen molar-refractivity contribution in [2.45, 2.75) is 90.5 Å². The van der Waals surface area contributed by atoms with Gasteiger partial charge in [0, 0.05) is 35.7 Å². The van der Waals surface area contributed by atoms with Crippen LogP contribution in [0.1, 0.15) is 78.7 Å². The molecular formula is C28H43F2N5OS. The van der Waals surface area contributed by atoms with Gasteiger partial charge in [0.2, 0.25) is 5.92 Å². The van der Waals surface area contributed by atoms with Crippen LogP contribution in [0.25, 0.3) is 11.2 Å². The molecule has 0 radical (unpaired) electrons. The lowest BCUT2D eigenvalue weighted by Crippen LogP contribution is -2.44. The van der Waals surface area contributed by atoms with E-state index < -0.39 is 11.3 Å². The average molecular weight is 536 g/mol. The standard InChI is InChI=1S/C20H27F2N5OS.C6H10.C2H6/c1-13-17(15-12-25-27-10-6-4-8-16(15)27)26-19(29-13)18(28)24-11-14(23)7-3-5-9-20(2,21)22;1-2-3-6-4-5-6;1-2/h4,6,8,10,12,14,19,26H,3,5,7,9,11,23H2,1-2H3,(H,24,28);2-3,6H,4-5H2,1H3;1-2H3/b;3-2+;. The molecule has 2 atom stereocenters. The van der Waals surface area contributed by atoms with E-state index in [2.05, 4.69) is 34.8 Å². The summed E-state index contributed by atoms with van der Waals surface area (Å²) in [4.78, 5) is 13.6. The van der Waals surface area contributed by atoms with Gasteiger partial charge >= 0.3 is 0 Å². The molecule has 0 saturated heterocycles. The van der Waals surface area contributed by atoms with Crippen LogP contribution >= 0.6 is 11.8 Å². The first-order valence-electron chi connectivity index (χ1n) is 13.3. The summed E-state index contributed by atoms with van der Waals surface area (Å²) in [6.45, 7) is 9.31. The predicted octanol–water partition coefficient (Wildman–Crippen LogP) is 6.34. The van der Waals surface area contributed by atoms with Crippen LogP contribution in [-0.2, 0) is 4.79 Å². The number of rotatable bonds is 10. The number of alkyl halides is 2. The van der Waals surface area contributed by atoms with Crippen molar-refractivity contribution < 1.29 is 13.6 Å². The van der Waals surface area contributed by atoms with Gasteiger partial charge < -0.3 is 16.4 Å². The highest BCUT2D eigenvalue weighted by Crippen LogP contribution is 2.36. The van der Waals surface area contributed by atoms with E-state index >= 15 is 0 Å². The van der Waals surface area contributed by atoms with Gasteiger partial charge in [-0.2, -0.15) is 5.10 Å². The van der Waals surface area contributed by atoms with Crippen LogP contribution < -0.4 is 16.4 Å². The molecule has 0 spiro atoms. The van der Waals surface area contributed by atoms with E-state index in [1.54, 1.807) is 10.7 Å². The SMILES string of the molecule is C/C=C/C1CC1.CC.CC1=C(c2cnn3ccccc23)NC(C(=O)NCC(N)CCCCC(C)(F)F)S1. The number of nitrogens with one attached hydrogen (secondary N) is 2. The van der Waals surface area contributed by atoms with Crippen LogP contribution in [0.2, 0.25) is 0 Å². The second-order valence-electron chi connectivity index (χ2n) is 9.35. The third-order valence-electron chi connectivity index (χ3n) is 5.92. The van der Waals surface area contributed by atoms with Crippen molar-refractivity contribution in [1.29, 1.82) is 0 Å². The monoisotopic (exact) mass is 535 g/mol. The van der Waals surface area contributed by atoms with E-state index in [4.69, 9.17) is 5.73 Å². The molecule has 4 N–H and O–H groups in total. The number of thioether (sulfide) groups is 1. The van der Waals surface area contributed by atoms with Crippen LogP contribution in [0.3, 0.4) is 0 Å². The van der Waals surface area contributed by atoms with Gasteiger partial charge in [0.1, 0.15) is 0 Å². The van der Waals surface area contributed by atoms with Gasteiger partial charge in [-0.25, -0.2) is 13.3 Å². The van der Waals surface area contributed by atoms with Gasteiger partial charge in [-0.05, 0) is 64.5 Å². The highest BCUT2D eigenvalue weighted by molar-refractivity contribution is 8.04. The highest BCUT2D eigenvalue weighted by Gasteiger charge is 2.30. The predicted molar refractivity (Wildman–Crippen MR) is 151 cm³/mol. The van der Waals surface area contributed by atoms with E-state index in [0.717, 1.165) is 34.5 Å². The minimum atomic E-state index is -2.63. The van der Waals surface area contributed by atoms with Crippen LogP contribution in [0.4, 0.5) is 8.78 Å². The molecule has 1 aliphatic carbocycles. The average Bonchev–Trinajstić information content (AvgIpc) is 3.46. The fourth-order valence-electron chi connectivity index (χ4n) is 3.84. The maximum absolute atomic E-state index is 12.8. The number of unbranched alkanes of at least 4 members (excludes halogenated alkanes) is 1. The second-order valence-corrected chi connectivity index (χ2v) is 10.7. The Bertz CT molecular complexity index is 1040. The third-order valence-corrected chi connectivity index (χ3v) is 7.05. The van der Waals surface area contributed by atoms with Crippen molar-refractivity contribution in [2.24, 2.45) is 11.7 Å². The van der Waals surface area contributed by atoms with Crippen molar-refractivity contribution in [3.8, 4) is 0 Å². The van der Waals surface area contributed by atoms with Crippen molar-refractivity contribution in [3.63, 3.8) is 0 Å². The summed E-state index contributed by atoms with van der Waals surface area (Å²) in [5, 5.41) is 10.1. The maximum atomic E-state index is 12.8. The number of halogens is 2. The van der Waals surface area contributed by atoms with Crippen LogP contribution in [0.5, 0.6) is 0 Å². The van der Waals surface area contributed by atoms with Crippen LogP contribution in [0, 0.1) is 5.92 Å². The fraction of sp³-hybridized carbons (Fsp3) is 0.571. The highest BCUT2D eigenvalue weighted by atomic mass is 32.2. The van der Waals surface area contributed by atoms with E-state index in [-0.39, 0.29) is 18.4 Å². The van der Waals surface area contributed by atoms with Crippen molar-refractivity contribution in [3.05, 3.63) is 53.2 Å². The molecule has 9 heteroatoms. The molecule has 1 fully saturated rings. The van der Waals surface area contributed by atoms with E-state index in [0.29, 0.717) is 25.8 Å². The summed E-state index contributed by atoms with van der Waals surface area (Å²) in [6.07, 6.45) is 12.5. The molecule has 0 aromatic carbocycles. The van der Waals surface area contributed by atoms with Gasteiger partial charge in [0.05, 0.1) is 17.4 Å².